The summed E-state index contributed by atoms with van der Waals surface area (Å²) in [5, 5.41) is 0. The van der Waals surface area contributed by atoms with Gasteiger partial charge in [0.2, 0.25) is 0 Å². The molecule has 0 aliphatic carbocycles. The number of rotatable bonds is 20. The molecule has 0 aliphatic rings. The van der Waals surface area contributed by atoms with Gasteiger partial charge in [0.1, 0.15) is 0 Å². The van der Waals surface area contributed by atoms with Crippen LogP contribution in [0.3, 0.4) is 0 Å². The molecule has 0 spiro atoms. The second-order valence-electron chi connectivity index (χ2n) is 8.72. The van der Waals surface area contributed by atoms with Gasteiger partial charge in [-0.2, -0.15) is 0 Å². The smallest absolute Gasteiger partial charge is 0.0351 e. The minimum atomic E-state index is 0.863. The van der Waals surface area contributed by atoms with Gasteiger partial charge in [-0.3, -0.25) is 0 Å². The predicted octanol–water partition coefficient (Wildman–Crippen LogP) is 9.50. The number of allylic oxidation sites excluding steroid dienone is 2. The zero-order valence-corrected chi connectivity index (χ0v) is 18.5. The lowest BCUT2D eigenvalue weighted by Crippen LogP contribution is -2.05. The summed E-state index contributed by atoms with van der Waals surface area (Å²) in [5.41, 5.74) is 0. The molecule has 0 aromatic heterocycles. The second-order valence-corrected chi connectivity index (χ2v) is 8.72. The predicted molar refractivity (Wildman–Crippen MR) is 121 cm³/mol. The van der Waals surface area contributed by atoms with Crippen molar-refractivity contribution < 1.29 is 0 Å². The summed E-state index contributed by atoms with van der Waals surface area (Å²) in [6, 6.07) is 0. The topological polar surface area (TPSA) is 0 Å². The average Bonchev–Trinajstić information content (AvgIpc) is 2.61. The first-order valence-electron chi connectivity index (χ1n) is 11.9. The Balaban J connectivity index is 3.61. The number of hydrogen-bond acceptors (Lipinski definition) is 0. The standard InChI is InChI=1S/C26H50/c1-5-7-9-11-13-14-15-17-19-21-23-26(24-25(3)4)22-20-18-16-12-10-8-6-2/h9,11,25-26H,1-2,5-8,10,12-24H2,3-4H3. The van der Waals surface area contributed by atoms with Gasteiger partial charge in [-0.25, -0.2) is 0 Å². The minimum Gasteiger partial charge on any atom is -0.0885 e. The largest absolute Gasteiger partial charge is 0.0885 e. The molecule has 0 fully saturated rings. The quantitative estimate of drug-likeness (QED) is 0.149. The molecule has 0 aliphatic heterocycles. The molecule has 0 N–H and O–H groups in total. The van der Waals surface area contributed by atoms with Crippen LogP contribution in [-0.2, 0) is 0 Å². The highest BCUT2D eigenvalue weighted by atomic mass is 14.2. The van der Waals surface area contributed by atoms with Crippen molar-refractivity contribution in [1.29, 1.82) is 0 Å². The van der Waals surface area contributed by atoms with E-state index in [1.165, 1.54) is 96.3 Å². The summed E-state index contributed by atoms with van der Waals surface area (Å²) >= 11 is 0. The number of unbranched alkanes of at least 4 members (excludes halogenated alkanes) is 12. The van der Waals surface area contributed by atoms with Crippen molar-refractivity contribution in [3.8, 4) is 0 Å². The maximum absolute atomic E-state index is 3.93. The van der Waals surface area contributed by atoms with Gasteiger partial charge in [-0.15, -0.1) is 0 Å². The van der Waals surface area contributed by atoms with Gasteiger partial charge in [0.05, 0.1) is 0 Å². The first-order chi connectivity index (χ1) is 12.7. The highest BCUT2D eigenvalue weighted by Gasteiger charge is 2.10. The molecule has 1 atom stereocenters. The Morgan fingerprint density at radius 2 is 1.08 bits per heavy atom. The Bertz CT molecular complexity index is 276. The van der Waals surface area contributed by atoms with E-state index in [0.717, 1.165) is 31.1 Å². The van der Waals surface area contributed by atoms with Crippen LogP contribution in [0, 0.1) is 25.7 Å². The van der Waals surface area contributed by atoms with Crippen LogP contribution < -0.4 is 0 Å². The number of hydrogen-bond donors (Lipinski definition) is 0. The average molecular weight is 363 g/mol. The molecule has 0 aromatic rings. The molecule has 0 saturated carbocycles. The van der Waals surface area contributed by atoms with E-state index in [0.29, 0.717) is 0 Å². The van der Waals surface area contributed by atoms with Crippen molar-refractivity contribution in [2.24, 2.45) is 11.8 Å². The molecule has 0 amide bonds. The van der Waals surface area contributed by atoms with E-state index in [1.807, 2.05) is 0 Å². The summed E-state index contributed by atoms with van der Waals surface area (Å²) in [4.78, 5) is 0. The van der Waals surface area contributed by atoms with Gasteiger partial charge in [-0.05, 0) is 43.9 Å². The molecule has 0 heterocycles. The van der Waals surface area contributed by atoms with E-state index in [4.69, 9.17) is 0 Å². The van der Waals surface area contributed by atoms with Crippen molar-refractivity contribution in [3.63, 3.8) is 0 Å². The third-order valence-electron chi connectivity index (χ3n) is 5.44. The molecule has 1 unspecified atom stereocenters. The van der Waals surface area contributed by atoms with Crippen LogP contribution in [0.4, 0.5) is 0 Å². The highest BCUT2D eigenvalue weighted by Crippen LogP contribution is 2.25. The van der Waals surface area contributed by atoms with Crippen LogP contribution in [0.5, 0.6) is 0 Å². The van der Waals surface area contributed by atoms with Gasteiger partial charge < -0.3 is 0 Å². The molecule has 0 nitrogen and oxygen atoms in total. The van der Waals surface area contributed by atoms with Crippen molar-refractivity contribution >= 4 is 0 Å². The van der Waals surface area contributed by atoms with E-state index < -0.39 is 0 Å². The van der Waals surface area contributed by atoms with Crippen LogP contribution >= 0.6 is 0 Å². The van der Waals surface area contributed by atoms with Crippen molar-refractivity contribution in [2.45, 2.75) is 129 Å². The summed E-state index contributed by atoms with van der Waals surface area (Å²) < 4.78 is 0. The SMILES string of the molecule is [CH2]CCC=CCCCCCCCC(CCCCCCCC[CH2])CC(C)C. The molecule has 0 aromatic carbocycles. The molecule has 26 heavy (non-hydrogen) atoms. The van der Waals surface area contributed by atoms with E-state index >= 15 is 0 Å². The van der Waals surface area contributed by atoms with Crippen molar-refractivity contribution in [1.82, 2.24) is 0 Å². The Morgan fingerprint density at radius 1 is 0.577 bits per heavy atom. The van der Waals surface area contributed by atoms with Gasteiger partial charge >= 0.3 is 0 Å². The second kappa shape index (κ2) is 21.0. The molecule has 154 valence electrons. The molecule has 0 heteroatoms. The fraction of sp³-hybridized carbons (Fsp3) is 0.846. The lowest BCUT2D eigenvalue weighted by atomic mass is 9.87. The summed E-state index contributed by atoms with van der Waals surface area (Å²) in [7, 11) is 0. The molecule has 0 rings (SSSR count). The zero-order chi connectivity index (χ0) is 19.3. The van der Waals surface area contributed by atoms with Crippen LogP contribution in [0.1, 0.15) is 129 Å². The van der Waals surface area contributed by atoms with E-state index in [2.05, 4.69) is 39.8 Å². The maximum atomic E-state index is 3.93. The molecular formula is C26H50. The summed E-state index contributed by atoms with van der Waals surface area (Å²) in [5.74, 6) is 1.85. The van der Waals surface area contributed by atoms with Gasteiger partial charge in [0.15, 0.2) is 0 Å². The fourth-order valence-electron chi connectivity index (χ4n) is 3.94. The maximum Gasteiger partial charge on any atom is -0.0351 e. The molecule has 2 radical (unpaired) electrons. The van der Waals surface area contributed by atoms with Gasteiger partial charge in [0, 0.05) is 0 Å². The Morgan fingerprint density at radius 3 is 1.62 bits per heavy atom. The van der Waals surface area contributed by atoms with E-state index in [1.54, 1.807) is 0 Å². The third-order valence-corrected chi connectivity index (χ3v) is 5.44. The van der Waals surface area contributed by atoms with Crippen molar-refractivity contribution in [3.05, 3.63) is 26.0 Å². The summed E-state index contributed by atoms with van der Waals surface area (Å²) in [6.07, 6.45) is 29.2. The Labute approximate surface area is 167 Å². The lowest BCUT2D eigenvalue weighted by Gasteiger charge is -2.19. The monoisotopic (exact) mass is 362 g/mol. The van der Waals surface area contributed by atoms with E-state index in [-0.39, 0.29) is 0 Å². The van der Waals surface area contributed by atoms with Crippen LogP contribution in [0.25, 0.3) is 0 Å². The molecule has 0 saturated heterocycles. The minimum absolute atomic E-state index is 0.863. The molecule has 0 bridgehead atoms. The zero-order valence-electron chi connectivity index (χ0n) is 18.5. The normalized spacial score (nSPS) is 13.1. The Kier molecular flexibility index (Phi) is 20.8. The lowest BCUT2D eigenvalue weighted by molar-refractivity contribution is 0.339. The highest BCUT2D eigenvalue weighted by molar-refractivity contribution is 4.81. The third kappa shape index (κ3) is 20.1. The van der Waals surface area contributed by atoms with Crippen LogP contribution in [0.15, 0.2) is 12.2 Å². The van der Waals surface area contributed by atoms with Crippen LogP contribution in [0.2, 0.25) is 0 Å². The fourth-order valence-corrected chi connectivity index (χ4v) is 3.94. The van der Waals surface area contributed by atoms with E-state index in [9.17, 15) is 0 Å². The van der Waals surface area contributed by atoms with Gasteiger partial charge in [-0.1, -0.05) is 123 Å². The Hall–Kier alpha value is -0.260. The summed E-state index contributed by atoms with van der Waals surface area (Å²) in [6.45, 7) is 12.6. The van der Waals surface area contributed by atoms with Crippen LogP contribution in [-0.4, -0.2) is 0 Å². The first-order valence-corrected chi connectivity index (χ1v) is 11.9. The first kappa shape index (κ1) is 25.7. The van der Waals surface area contributed by atoms with Gasteiger partial charge in [0.25, 0.3) is 0 Å². The van der Waals surface area contributed by atoms with Crippen molar-refractivity contribution in [2.75, 3.05) is 0 Å². The molecular weight excluding hydrogens is 312 g/mol.